The Morgan fingerprint density at radius 1 is 1.38 bits per heavy atom. The molecule has 0 aromatic carbocycles. The molecule has 16 heavy (non-hydrogen) atoms. The van der Waals surface area contributed by atoms with Gasteiger partial charge in [0, 0.05) is 6.04 Å². The van der Waals surface area contributed by atoms with Crippen molar-refractivity contribution in [3.63, 3.8) is 0 Å². The standard InChI is InChI=1S/C12H18ClN3/c1-8-2-4-10(5-3-8)16-12-11(13)6-9(14)7-15-12/h6-8,10H,2-5,14H2,1H3,(H,15,16). The minimum absolute atomic E-state index is 0.504. The van der Waals surface area contributed by atoms with Gasteiger partial charge in [-0.2, -0.15) is 0 Å². The lowest BCUT2D eigenvalue weighted by Crippen LogP contribution is -2.25. The van der Waals surface area contributed by atoms with Crippen LogP contribution in [0.25, 0.3) is 0 Å². The highest BCUT2D eigenvalue weighted by Gasteiger charge is 2.18. The Labute approximate surface area is 101 Å². The molecule has 0 atom stereocenters. The van der Waals surface area contributed by atoms with E-state index in [4.69, 9.17) is 17.3 Å². The van der Waals surface area contributed by atoms with Crippen molar-refractivity contribution >= 4 is 23.1 Å². The first-order chi connectivity index (χ1) is 7.65. The van der Waals surface area contributed by atoms with Crippen LogP contribution in [0.2, 0.25) is 5.02 Å². The molecule has 1 fully saturated rings. The molecular weight excluding hydrogens is 222 g/mol. The molecule has 3 nitrogen and oxygen atoms in total. The first-order valence-electron chi connectivity index (χ1n) is 5.82. The van der Waals surface area contributed by atoms with Gasteiger partial charge in [0.25, 0.3) is 0 Å². The minimum atomic E-state index is 0.504. The van der Waals surface area contributed by atoms with Crippen LogP contribution in [-0.2, 0) is 0 Å². The normalized spacial score (nSPS) is 25.4. The van der Waals surface area contributed by atoms with Gasteiger partial charge in [0.2, 0.25) is 0 Å². The average molecular weight is 240 g/mol. The van der Waals surface area contributed by atoms with E-state index in [9.17, 15) is 0 Å². The van der Waals surface area contributed by atoms with E-state index >= 15 is 0 Å². The zero-order valence-corrected chi connectivity index (χ0v) is 10.3. The van der Waals surface area contributed by atoms with Crippen LogP contribution in [-0.4, -0.2) is 11.0 Å². The Balaban J connectivity index is 1.98. The van der Waals surface area contributed by atoms with Gasteiger partial charge < -0.3 is 11.1 Å². The fourth-order valence-corrected chi connectivity index (χ4v) is 2.39. The molecular formula is C12H18ClN3. The molecule has 1 aromatic rings. The third-order valence-corrected chi connectivity index (χ3v) is 3.51. The van der Waals surface area contributed by atoms with E-state index < -0.39 is 0 Å². The van der Waals surface area contributed by atoms with Crippen molar-refractivity contribution in [1.29, 1.82) is 0 Å². The van der Waals surface area contributed by atoms with Gasteiger partial charge in [0.1, 0.15) is 5.82 Å². The number of pyridine rings is 1. The van der Waals surface area contributed by atoms with E-state index in [-0.39, 0.29) is 0 Å². The Kier molecular flexibility index (Phi) is 3.54. The third-order valence-electron chi connectivity index (χ3n) is 3.22. The molecule has 0 amide bonds. The number of hydrogen-bond acceptors (Lipinski definition) is 3. The van der Waals surface area contributed by atoms with Crippen molar-refractivity contribution < 1.29 is 0 Å². The highest BCUT2D eigenvalue weighted by molar-refractivity contribution is 6.33. The number of nitrogen functional groups attached to an aromatic ring is 1. The number of nitrogens with two attached hydrogens (primary N) is 1. The molecule has 0 aliphatic heterocycles. The molecule has 88 valence electrons. The number of nitrogens with zero attached hydrogens (tertiary/aromatic N) is 1. The minimum Gasteiger partial charge on any atom is -0.397 e. The van der Waals surface area contributed by atoms with E-state index in [2.05, 4.69) is 17.2 Å². The molecule has 1 saturated carbocycles. The van der Waals surface area contributed by atoms with Gasteiger partial charge in [-0.05, 0) is 37.7 Å². The topological polar surface area (TPSA) is 50.9 Å². The summed E-state index contributed by atoms with van der Waals surface area (Å²) in [7, 11) is 0. The highest BCUT2D eigenvalue weighted by Crippen LogP contribution is 2.28. The van der Waals surface area contributed by atoms with E-state index in [1.807, 2.05) is 0 Å². The number of nitrogens with one attached hydrogen (secondary N) is 1. The van der Waals surface area contributed by atoms with Crippen LogP contribution in [0.5, 0.6) is 0 Å². The molecule has 1 aliphatic carbocycles. The van der Waals surface area contributed by atoms with Gasteiger partial charge >= 0.3 is 0 Å². The van der Waals surface area contributed by atoms with Crippen molar-refractivity contribution in [1.82, 2.24) is 4.98 Å². The maximum atomic E-state index is 6.07. The second-order valence-electron chi connectivity index (χ2n) is 4.70. The smallest absolute Gasteiger partial charge is 0.145 e. The van der Waals surface area contributed by atoms with Crippen LogP contribution in [0.3, 0.4) is 0 Å². The predicted octanol–water partition coefficient (Wildman–Crippen LogP) is 3.31. The van der Waals surface area contributed by atoms with Gasteiger partial charge in [-0.1, -0.05) is 18.5 Å². The Bertz CT molecular complexity index is 359. The second kappa shape index (κ2) is 4.91. The average Bonchev–Trinajstić information content (AvgIpc) is 2.25. The van der Waals surface area contributed by atoms with Crippen molar-refractivity contribution in [2.75, 3.05) is 11.1 Å². The SMILES string of the molecule is CC1CCC(Nc2ncc(N)cc2Cl)CC1. The van der Waals surface area contributed by atoms with Gasteiger partial charge in [0.05, 0.1) is 16.9 Å². The summed E-state index contributed by atoms with van der Waals surface area (Å²) in [5, 5.41) is 4.01. The molecule has 0 radical (unpaired) electrons. The second-order valence-corrected chi connectivity index (χ2v) is 5.11. The maximum absolute atomic E-state index is 6.07. The van der Waals surface area contributed by atoms with Crippen LogP contribution in [0.4, 0.5) is 11.5 Å². The van der Waals surface area contributed by atoms with Crippen molar-refractivity contribution in [3.8, 4) is 0 Å². The molecule has 0 saturated heterocycles. The molecule has 0 bridgehead atoms. The fraction of sp³-hybridized carbons (Fsp3) is 0.583. The van der Waals surface area contributed by atoms with E-state index in [0.717, 1.165) is 11.7 Å². The Hall–Kier alpha value is -0.960. The molecule has 1 aromatic heterocycles. The van der Waals surface area contributed by atoms with Crippen LogP contribution in [0.1, 0.15) is 32.6 Å². The quantitative estimate of drug-likeness (QED) is 0.833. The van der Waals surface area contributed by atoms with Gasteiger partial charge in [0.15, 0.2) is 0 Å². The Morgan fingerprint density at radius 3 is 2.69 bits per heavy atom. The lowest BCUT2D eigenvalue weighted by molar-refractivity contribution is 0.361. The molecule has 0 unspecified atom stereocenters. The summed E-state index contributed by atoms with van der Waals surface area (Å²) in [5.74, 6) is 1.61. The number of hydrogen-bond donors (Lipinski definition) is 2. The third kappa shape index (κ3) is 2.79. The molecule has 0 spiro atoms. The number of aromatic nitrogens is 1. The van der Waals surface area contributed by atoms with Gasteiger partial charge in [-0.25, -0.2) is 4.98 Å². The summed E-state index contributed by atoms with van der Waals surface area (Å²) in [6.45, 7) is 2.31. The first-order valence-corrected chi connectivity index (χ1v) is 6.20. The summed E-state index contributed by atoms with van der Waals surface area (Å²) in [4.78, 5) is 4.22. The van der Waals surface area contributed by atoms with Gasteiger partial charge in [-0.15, -0.1) is 0 Å². The first kappa shape index (κ1) is 11.5. The Morgan fingerprint density at radius 2 is 2.06 bits per heavy atom. The summed E-state index contributed by atoms with van der Waals surface area (Å²) in [6.07, 6.45) is 6.60. The van der Waals surface area contributed by atoms with Gasteiger partial charge in [-0.3, -0.25) is 0 Å². The van der Waals surface area contributed by atoms with Crippen LogP contribution >= 0.6 is 11.6 Å². The van der Waals surface area contributed by atoms with Crippen molar-refractivity contribution in [3.05, 3.63) is 17.3 Å². The fourth-order valence-electron chi connectivity index (χ4n) is 2.16. The zero-order chi connectivity index (χ0) is 11.5. The van der Waals surface area contributed by atoms with Crippen LogP contribution in [0, 0.1) is 5.92 Å². The maximum Gasteiger partial charge on any atom is 0.145 e. The lowest BCUT2D eigenvalue weighted by Gasteiger charge is -2.27. The van der Waals surface area contributed by atoms with Crippen molar-refractivity contribution in [2.45, 2.75) is 38.6 Å². The number of rotatable bonds is 2. The lowest BCUT2D eigenvalue weighted by atomic mass is 9.87. The highest BCUT2D eigenvalue weighted by atomic mass is 35.5. The van der Waals surface area contributed by atoms with Crippen molar-refractivity contribution in [2.24, 2.45) is 5.92 Å². The molecule has 3 N–H and O–H groups in total. The molecule has 4 heteroatoms. The van der Waals surface area contributed by atoms with Crippen LogP contribution in [0.15, 0.2) is 12.3 Å². The number of halogens is 1. The predicted molar refractivity (Wildman–Crippen MR) is 68.7 cm³/mol. The monoisotopic (exact) mass is 239 g/mol. The summed E-state index contributed by atoms with van der Waals surface area (Å²) in [6, 6.07) is 2.24. The summed E-state index contributed by atoms with van der Waals surface area (Å²) >= 11 is 6.07. The largest absolute Gasteiger partial charge is 0.397 e. The van der Waals surface area contributed by atoms with E-state index in [0.29, 0.717) is 16.8 Å². The number of anilines is 2. The zero-order valence-electron chi connectivity index (χ0n) is 9.54. The molecule has 1 aliphatic rings. The van der Waals surface area contributed by atoms with E-state index in [1.54, 1.807) is 12.3 Å². The van der Waals surface area contributed by atoms with E-state index in [1.165, 1.54) is 25.7 Å². The van der Waals surface area contributed by atoms with Crippen LogP contribution < -0.4 is 11.1 Å². The molecule has 1 heterocycles. The molecule has 2 rings (SSSR count). The summed E-state index contributed by atoms with van der Waals surface area (Å²) < 4.78 is 0. The summed E-state index contributed by atoms with van der Waals surface area (Å²) in [5.41, 5.74) is 6.21.